The van der Waals surface area contributed by atoms with Gasteiger partial charge in [-0.15, -0.1) is 0 Å². The van der Waals surface area contributed by atoms with Gasteiger partial charge >= 0.3 is 5.97 Å². The molecule has 1 aromatic rings. The summed E-state index contributed by atoms with van der Waals surface area (Å²) in [5.74, 6) is -1.24. The van der Waals surface area contributed by atoms with Crippen LogP contribution in [-0.4, -0.2) is 27.2 Å². The Bertz CT molecular complexity index is 454. The molecule has 0 aliphatic heterocycles. The maximum atomic E-state index is 11.6. The molecular formula is C11H17N3O3. The fourth-order valence-electron chi connectivity index (χ4n) is 1.43. The third-order valence-corrected chi connectivity index (χ3v) is 2.63. The van der Waals surface area contributed by atoms with E-state index < -0.39 is 11.9 Å². The van der Waals surface area contributed by atoms with E-state index in [1.807, 2.05) is 13.8 Å². The molecule has 1 atom stereocenters. The average Bonchev–Trinajstić information content (AvgIpc) is 2.23. The minimum Gasteiger partial charge on any atom is -0.481 e. The van der Waals surface area contributed by atoms with Gasteiger partial charge in [-0.3, -0.25) is 9.59 Å². The number of aromatic nitrogens is 2. The van der Waals surface area contributed by atoms with Gasteiger partial charge in [0, 0.05) is 26.0 Å². The van der Waals surface area contributed by atoms with Crippen molar-refractivity contribution in [1.82, 2.24) is 9.55 Å². The van der Waals surface area contributed by atoms with Gasteiger partial charge in [0.15, 0.2) is 5.82 Å². The zero-order valence-corrected chi connectivity index (χ0v) is 10.2. The second-order valence-corrected chi connectivity index (χ2v) is 4.26. The molecule has 94 valence electrons. The Morgan fingerprint density at radius 3 is 2.76 bits per heavy atom. The molecule has 0 bridgehead atoms. The summed E-state index contributed by atoms with van der Waals surface area (Å²) in [4.78, 5) is 26.5. The number of nitrogens with zero attached hydrogens (tertiary/aromatic N) is 2. The third kappa shape index (κ3) is 3.30. The van der Waals surface area contributed by atoms with Crippen LogP contribution in [0, 0.1) is 11.8 Å². The van der Waals surface area contributed by atoms with Gasteiger partial charge in [0.05, 0.1) is 5.92 Å². The van der Waals surface area contributed by atoms with Gasteiger partial charge in [-0.1, -0.05) is 13.8 Å². The van der Waals surface area contributed by atoms with Crippen molar-refractivity contribution in [3.05, 3.63) is 22.7 Å². The van der Waals surface area contributed by atoms with Crippen LogP contribution >= 0.6 is 0 Å². The first-order valence-corrected chi connectivity index (χ1v) is 5.41. The van der Waals surface area contributed by atoms with Crippen LogP contribution in [0.1, 0.15) is 13.8 Å². The molecule has 0 aromatic carbocycles. The van der Waals surface area contributed by atoms with Crippen LogP contribution in [0.4, 0.5) is 5.82 Å². The van der Waals surface area contributed by atoms with Crippen LogP contribution in [0.5, 0.6) is 0 Å². The summed E-state index contributed by atoms with van der Waals surface area (Å²) in [7, 11) is 1.62. The first-order valence-electron chi connectivity index (χ1n) is 5.41. The van der Waals surface area contributed by atoms with E-state index in [1.165, 1.54) is 10.8 Å². The van der Waals surface area contributed by atoms with Crippen LogP contribution < -0.4 is 10.9 Å². The highest BCUT2D eigenvalue weighted by Crippen LogP contribution is 2.11. The van der Waals surface area contributed by atoms with Crippen molar-refractivity contribution in [3.8, 4) is 0 Å². The van der Waals surface area contributed by atoms with Gasteiger partial charge in [0.2, 0.25) is 0 Å². The minimum absolute atomic E-state index is 0.00688. The lowest BCUT2D eigenvalue weighted by Crippen LogP contribution is -2.30. The van der Waals surface area contributed by atoms with Crippen LogP contribution in [0.25, 0.3) is 0 Å². The lowest BCUT2D eigenvalue weighted by molar-refractivity contribution is -0.142. The number of nitrogens with one attached hydrogen (secondary N) is 1. The van der Waals surface area contributed by atoms with E-state index in [4.69, 9.17) is 5.11 Å². The van der Waals surface area contributed by atoms with E-state index >= 15 is 0 Å². The Balaban J connectivity index is 2.76. The lowest BCUT2D eigenvalue weighted by atomic mass is 9.96. The number of carbonyl (C=O) groups is 1. The predicted molar refractivity (Wildman–Crippen MR) is 63.9 cm³/mol. The summed E-state index contributed by atoms with van der Waals surface area (Å²) < 4.78 is 1.39. The maximum Gasteiger partial charge on any atom is 0.308 e. The second kappa shape index (κ2) is 5.47. The highest BCUT2D eigenvalue weighted by atomic mass is 16.4. The van der Waals surface area contributed by atoms with Crippen molar-refractivity contribution < 1.29 is 9.90 Å². The number of hydrogen-bond donors (Lipinski definition) is 2. The smallest absolute Gasteiger partial charge is 0.308 e. The molecule has 0 radical (unpaired) electrons. The van der Waals surface area contributed by atoms with Crippen molar-refractivity contribution in [3.63, 3.8) is 0 Å². The maximum absolute atomic E-state index is 11.6. The molecule has 2 N–H and O–H groups in total. The molecule has 6 nitrogen and oxygen atoms in total. The summed E-state index contributed by atoms with van der Waals surface area (Å²) in [5.41, 5.74) is -0.264. The highest BCUT2D eigenvalue weighted by molar-refractivity contribution is 5.71. The monoisotopic (exact) mass is 239 g/mol. The van der Waals surface area contributed by atoms with E-state index in [9.17, 15) is 9.59 Å². The molecule has 17 heavy (non-hydrogen) atoms. The molecule has 0 spiro atoms. The van der Waals surface area contributed by atoms with Gasteiger partial charge in [-0.05, 0) is 5.92 Å². The average molecular weight is 239 g/mol. The molecule has 1 unspecified atom stereocenters. The van der Waals surface area contributed by atoms with Crippen molar-refractivity contribution in [2.24, 2.45) is 18.9 Å². The van der Waals surface area contributed by atoms with Gasteiger partial charge in [-0.25, -0.2) is 4.98 Å². The molecule has 0 fully saturated rings. The normalized spacial score (nSPS) is 12.5. The summed E-state index contributed by atoms with van der Waals surface area (Å²) in [6, 6.07) is 0. The SMILES string of the molecule is CC(C)C(CNc1nccn(C)c1=O)C(=O)O. The number of anilines is 1. The van der Waals surface area contributed by atoms with E-state index in [2.05, 4.69) is 10.3 Å². The molecule has 0 aliphatic carbocycles. The van der Waals surface area contributed by atoms with E-state index in [-0.39, 0.29) is 23.8 Å². The fraction of sp³-hybridized carbons (Fsp3) is 0.545. The van der Waals surface area contributed by atoms with Crippen molar-refractivity contribution in [2.75, 3.05) is 11.9 Å². The molecule has 0 saturated carbocycles. The molecular weight excluding hydrogens is 222 g/mol. The number of aryl methyl sites for hydroxylation is 1. The Hall–Kier alpha value is -1.85. The standard InChI is InChI=1S/C11H17N3O3/c1-7(2)8(11(16)17)6-13-9-10(15)14(3)5-4-12-9/h4-5,7-8H,6H2,1-3H3,(H,12,13)(H,16,17). The quantitative estimate of drug-likeness (QED) is 0.783. The summed E-state index contributed by atoms with van der Waals surface area (Å²) in [6.07, 6.45) is 3.04. The van der Waals surface area contributed by atoms with Gasteiger partial charge in [0.25, 0.3) is 5.56 Å². The highest BCUT2D eigenvalue weighted by Gasteiger charge is 2.21. The number of carboxylic acids is 1. The zero-order chi connectivity index (χ0) is 13.0. The second-order valence-electron chi connectivity index (χ2n) is 4.26. The van der Waals surface area contributed by atoms with Crippen molar-refractivity contribution in [2.45, 2.75) is 13.8 Å². The molecule has 1 rings (SSSR count). The molecule has 0 amide bonds. The molecule has 0 aliphatic rings. The predicted octanol–water partition coefficient (Wildman–Crippen LogP) is 0.549. The molecule has 6 heteroatoms. The van der Waals surface area contributed by atoms with E-state index in [0.717, 1.165) is 0 Å². The first-order chi connectivity index (χ1) is 7.93. The lowest BCUT2D eigenvalue weighted by Gasteiger charge is -2.16. The first kappa shape index (κ1) is 13.2. The Labute approximate surface area is 99.3 Å². The van der Waals surface area contributed by atoms with Crippen LogP contribution in [0.3, 0.4) is 0 Å². The number of carboxylic acid groups (broad SMARTS) is 1. The fourth-order valence-corrected chi connectivity index (χ4v) is 1.43. The van der Waals surface area contributed by atoms with E-state index in [0.29, 0.717) is 0 Å². The molecule has 1 aromatic heterocycles. The van der Waals surface area contributed by atoms with E-state index in [1.54, 1.807) is 13.2 Å². The number of hydrogen-bond acceptors (Lipinski definition) is 4. The van der Waals surface area contributed by atoms with Gasteiger partial charge < -0.3 is 15.0 Å². The largest absolute Gasteiger partial charge is 0.481 e. The third-order valence-electron chi connectivity index (χ3n) is 2.63. The molecule has 0 saturated heterocycles. The Kier molecular flexibility index (Phi) is 4.25. The molecule has 1 heterocycles. The number of aliphatic carboxylic acids is 1. The Morgan fingerprint density at radius 2 is 2.24 bits per heavy atom. The summed E-state index contributed by atoms with van der Waals surface area (Å²) in [5, 5.41) is 11.8. The van der Waals surface area contributed by atoms with Crippen molar-refractivity contribution >= 4 is 11.8 Å². The van der Waals surface area contributed by atoms with Gasteiger partial charge in [-0.2, -0.15) is 0 Å². The Morgan fingerprint density at radius 1 is 1.59 bits per heavy atom. The zero-order valence-electron chi connectivity index (χ0n) is 10.2. The summed E-state index contributed by atoms with van der Waals surface area (Å²) in [6.45, 7) is 3.85. The number of rotatable bonds is 5. The van der Waals surface area contributed by atoms with Crippen LogP contribution in [0.15, 0.2) is 17.2 Å². The van der Waals surface area contributed by atoms with Crippen LogP contribution in [0.2, 0.25) is 0 Å². The minimum atomic E-state index is -0.875. The topological polar surface area (TPSA) is 84.2 Å². The summed E-state index contributed by atoms with van der Waals surface area (Å²) >= 11 is 0. The van der Waals surface area contributed by atoms with Gasteiger partial charge in [0.1, 0.15) is 0 Å². The van der Waals surface area contributed by atoms with Crippen molar-refractivity contribution in [1.29, 1.82) is 0 Å². The van der Waals surface area contributed by atoms with Crippen LogP contribution in [-0.2, 0) is 11.8 Å².